The molecule has 0 saturated carbocycles. The number of esters is 1. The molecule has 0 radical (unpaired) electrons. The van der Waals surface area contributed by atoms with Gasteiger partial charge in [0.15, 0.2) is 5.69 Å². The molecule has 2 heterocycles. The van der Waals surface area contributed by atoms with E-state index in [-0.39, 0.29) is 5.69 Å². The van der Waals surface area contributed by atoms with Gasteiger partial charge in [-0.05, 0) is 13.8 Å². The highest BCUT2D eigenvalue weighted by Gasteiger charge is 2.11. The van der Waals surface area contributed by atoms with Gasteiger partial charge >= 0.3 is 5.97 Å². The fourth-order valence-corrected chi connectivity index (χ4v) is 2.25. The van der Waals surface area contributed by atoms with E-state index in [1.165, 1.54) is 12.0 Å². The van der Waals surface area contributed by atoms with Gasteiger partial charge in [0.05, 0.1) is 25.5 Å². The van der Waals surface area contributed by atoms with Gasteiger partial charge in [-0.3, -0.25) is 0 Å². The highest BCUT2D eigenvalue weighted by Crippen LogP contribution is 2.17. The van der Waals surface area contributed by atoms with Gasteiger partial charge in [0.25, 0.3) is 0 Å². The Kier molecular flexibility index (Phi) is 3.19. The molecule has 0 amide bonds. The number of aromatic nitrogens is 4. The van der Waals surface area contributed by atoms with E-state index in [4.69, 9.17) is 0 Å². The lowest BCUT2D eigenvalue weighted by atomic mass is 10.4. The van der Waals surface area contributed by atoms with Crippen molar-refractivity contribution in [3.63, 3.8) is 0 Å². The van der Waals surface area contributed by atoms with Crippen LogP contribution in [0, 0.1) is 13.8 Å². The number of carbonyl (C=O) groups excluding carboxylic acids is 1. The first kappa shape index (κ1) is 11.7. The smallest absolute Gasteiger partial charge is 0.360 e. The number of rotatable bonds is 3. The zero-order valence-electron chi connectivity index (χ0n) is 9.80. The third-order valence-electron chi connectivity index (χ3n) is 2.30. The molecule has 0 aliphatic heterocycles. The lowest BCUT2D eigenvalue weighted by Crippen LogP contribution is -2.01. The van der Waals surface area contributed by atoms with Crippen LogP contribution in [0.3, 0.4) is 0 Å². The molecule has 0 aliphatic carbocycles. The van der Waals surface area contributed by atoms with Gasteiger partial charge in [0.2, 0.25) is 0 Å². The average Bonchev–Trinajstić information content (AvgIpc) is 2.87. The minimum absolute atomic E-state index is 0.206. The molecule has 2 rings (SSSR count). The maximum Gasteiger partial charge on any atom is 0.360 e. The van der Waals surface area contributed by atoms with E-state index < -0.39 is 5.97 Å². The zero-order valence-corrected chi connectivity index (χ0v) is 10.6. The third kappa shape index (κ3) is 2.50. The average molecular weight is 252 g/mol. The zero-order chi connectivity index (χ0) is 12.4. The summed E-state index contributed by atoms with van der Waals surface area (Å²) in [6.45, 7) is 4.51. The van der Waals surface area contributed by atoms with Crippen molar-refractivity contribution in [3.05, 3.63) is 27.5 Å². The van der Waals surface area contributed by atoms with Crippen molar-refractivity contribution >= 4 is 17.3 Å². The van der Waals surface area contributed by atoms with Crippen molar-refractivity contribution in [1.82, 2.24) is 20.0 Å². The lowest BCUT2D eigenvalue weighted by molar-refractivity contribution is 0.0594. The molecule has 0 N–H and O–H groups in total. The Balaban J connectivity index is 2.14. The molecule has 0 bridgehead atoms. The maximum absolute atomic E-state index is 11.2. The van der Waals surface area contributed by atoms with Gasteiger partial charge in [0.1, 0.15) is 5.01 Å². The predicted octanol–water partition coefficient (Wildman–Crippen LogP) is 1.19. The van der Waals surface area contributed by atoms with Crippen LogP contribution in [0.2, 0.25) is 0 Å². The van der Waals surface area contributed by atoms with Crippen molar-refractivity contribution in [1.29, 1.82) is 0 Å². The van der Waals surface area contributed by atoms with E-state index in [1.807, 2.05) is 13.8 Å². The molecule has 0 unspecified atom stereocenters. The van der Waals surface area contributed by atoms with Crippen LogP contribution in [0.4, 0.5) is 0 Å². The molecule has 90 valence electrons. The maximum atomic E-state index is 11.2. The summed E-state index contributed by atoms with van der Waals surface area (Å²) >= 11 is 1.62. The van der Waals surface area contributed by atoms with E-state index in [9.17, 15) is 4.79 Å². The summed E-state index contributed by atoms with van der Waals surface area (Å²) in [4.78, 5) is 16.8. The molecular weight excluding hydrogens is 240 g/mol. The molecule has 6 nitrogen and oxygen atoms in total. The predicted molar refractivity (Wildman–Crippen MR) is 62.1 cm³/mol. The van der Waals surface area contributed by atoms with E-state index in [2.05, 4.69) is 20.0 Å². The molecule has 17 heavy (non-hydrogen) atoms. The minimum atomic E-state index is -0.484. The highest BCUT2D eigenvalue weighted by molar-refractivity contribution is 7.11. The fourth-order valence-electron chi connectivity index (χ4n) is 1.32. The molecule has 0 spiro atoms. The summed E-state index contributed by atoms with van der Waals surface area (Å²) in [5.74, 6) is -0.484. The van der Waals surface area contributed by atoms with Crippen LogP contribution in [0.5, 0.6) is 0 Å². The van der Waals surface area contributed by atoms with Gasteiger partial charge in [-0.25, -0.2) is 14.5 Å². The van der Waals surface area contributed by atoms with Crippen LogP contribution < -0.4 is 0 Å². The Morgan fingerprint density at radius 3 is 2.88 bits per heavy atom. The fraction of sp³-hybridized carbons (Fsp3) is 0.400. The van der Waals surface area contributed by atoms with Gasteiger partial charge in [-0.1, -0.05) is 5.21 Å². The molecule has 0 aromatic carbocycles. The Morgan fingerprint density at radius 2 is 2.29 bits per heavy atom. The van der Waals surface area contributed by atoms with Gasteiger partial charge in [-0.2, -0.15) is 0 Å². The second-order valence-corrected chi connectivity index (χ2v) is 4.83. The molecule has 0 aliphatic rings. The minimum Gasteiger partial charge on any atom is -0.464 e. The van der Waals surface area contributed by atoms with Gasteiger partial charge in [-0.15, -0.1) is 16.4 Å². The summed E-state index contributed by atoms with van der Waals surface area (Å²) in [6.07, 6.45) is 1.55. The Hall–Kier alpha value is -1.76. The Morgan fingerprint density at radius 1 is 1.53 bits per heavy atom. The first-order valence-corrected chi connectivity index (χ1v) is 5.83. The van der Waals surface area contributed by atoms with E-state index in [1.54, 1.807) is 22.2 Å². The Labute approximate surface area is 102 Å². The first-order chi connectivity index (χ1) is 8.10. The van der Waals surface area contributed by atoms with E-state index in [0.717, 1.165) is 10.7 Å². The van der Waals surface area contributed by atoms with Crippen LogP contribution in [0.15, 0.2) is 6.20 Å². The monoisotopic (exact) mass is 252 g/mol. The molecule has 7 heteroatoms. The van der Waals surface area contributed by atoms with Crippen LogP contribution in [0.25, 0.3) is 0 Å². The van der Waals surface area contributed by atoms with Crippen molar-refractivity contribution < 1.29 is 9.53 Å². The van der Waals surface area contributed by atoms with Crippen LogP contribution >= 0.6 is 11.3 Å². The quantitative estimate of drug-likeness (QED) is 0.767. The van der Waals surface area contributed by atoms with E-state index >= 15 is 0 Å². The summed E-state index contributed by atoms with van der Waals surface area (Å²) in [5.41, 5.74) is 1.23. The molecule has 2 aromatic heterocycles. The number of ether oxygens (including phenoxy) is 1. The number of methoxy groups -OCH3 is 1. The SMILES string of the molecule is COC(=O)c1cn(Cc2nc(C)c(C)s2)nn1. The normalized spacial score (nSPS) is 10.5. The van der Waals surface area contributed by atoms with Gasteiger partial charge < -0.3 is 4.74 Å². The third-order valence-corrected chi connectivity index (χ3v) is 3.36. The number of thiazole rings is 1. The van der Waals surface area contributed by atoms with Crippen LogP contribution in [0.1, 0.15) is 26.1 Å². The summed E-state index contributed by atoms with van der Waals surface area (Å²) in [7, 11) is 1.31. The number of carbonyl (C=O) groups is 1. The summed E-state index contributed by atoms with van der Waals surface area (Å²) in [6, 6.07) is 0. The van der Waals surface area contributed by atoms with Gasteiger partial charge in [0, 0.05) is 4.88 Å². The highest BCUT2D eigenvalue weighted by atomic mass is 32.1. The number of aryl methyl sites for hydroxylation is 2. The molecule has 0 fully saturated rings. The lowest BCUT2D eigenvalue weighted by Gasteiger charge is -1.94. The molecular formula is C10H12N4O2S. The first-order valence-electron chi connectivity index (χ1n) is 5.01. The second-order valence-electron chi connectivity index (χ2n) is 3.54. The number of hydrogen-bond donors (Lipinski definition) is 0. The largest absolute Gasteiger partial charge is 0.464 e. The van der Waals surface area contributed by atoms with E-state index in [0.29, 0.717) is 6.54 Å². The topological polar surface area (TPSA) is 69.9 Å². The summed E-state index contributed by atoms with van der Waals surface area (Å²) in [5, 5.41) is 8.53. The van der Waals surface area contributed by atoms with Crippen LogP contribution in [-0.4, -0.2) is 33.1 Å². The summed E-state index contributed by atoms with van der Waals surface area (Å²) < 4.78 is 6.13. The van der Waals surface area contributed by atoms with Crippen molar-refractivity contribution in [3.8, 4) is 0 Å². The second kappa shape index (κ2) is 4.62. The Bertz CT molecular complexity index is 527. The number of nitrogens with zero attached hydrogens (tertiary/aromatic N) is 4. The molecule has 0 atom stereocenters. The van der Waals surface area contributed by atoms with Crippen molar-refractivity contribution in [2.45, 2.75) is 20.4 Å². The van der Waals surface area contributed by atoms with Crippen molar-refractivity contribution in [2.24, 2.45) is 0 Å². The van der Waals surface area contributed by atoms with Crippen molar-refractivity contribution in [2.75, 3.05) is 7.11 Å². The number of hydrogen-bond acceptors (Lipinski definition) is 6. The molecule has 2 aromatic rings. The molecule has 0 saturated heterocycles. The van der Waals surface area contributed by atoms with Crippen LogP contribution in [-0.2, 0) is 11.3 Å². The standard InChI is InChI=1S/C10H12N4O2S/c1-6-7(2)17-9(11-6)5-14-4-8(12-13-14)10(15)16-3/h4H,5H2,1-3H3.